The molecule has 0 aromatic heterocycles. The molecule has 0 unspecified atom stereocenters. The first-order valence-corrected chi connectivity index (χ1v) is 8.57. The average Bonchev–Trinajstić information content (AvgIpc) is 2.91. The molecule has 0 bridgehead atoms. The predicted octanol–water partition coefficient (Wildman–Crippen LogP) is 3.41. The molecule has 0 aliphatic carbocycles. The first kappa shape index (κ1) is 36.1. The number of carbonyl (C=O) groups is 1. The van der Waals surface area contributed by atoms with Crippen LogP contribution in [0.3, 0.4) is 0 Å². The first-order valence-electron chi connectivity index (χ1n) is 7.94. The molecule has 32 heavy (non-hydrogen) atoms. The molecular formula is C23H16CrO8. The van der Waals surface area contributed by atoms with E-state index in [0.29, 0.717) is 22.5 Å². The SMILES string of the molecule is CCO[C](=[Cr])/C=C(\OC(=O)c1ccccc1)c1ccccc1.[C-]#[O+].[C-]#[O+].[C-]#[O+].[C-]#[O+].[C-]#[O+]. The van der Waals surface area contributed by atoms with E-state index in [1.807, 2.05) is 43.3 Å². The van der Waals surface area contributed by atoms with Crippen molar-refractivity contribution in [2.45, 2.75) is 6.92 Å². The van der Waals surface area contributed by atoms with Crippen LogP contribution in [-0.2, 0) is 48.6 Å². The molecular weight excluding hydrogens is 456 g/mol. The molecule has 0 N–H and O–H groups in total. The summed E-state index contributed by atoms with van der Waals surface area (Å²) >= 11 is 2.82. The van der Waals surface area contributed by atoms with Crippen molar-refractivity contribution in [3.63, 3.8) is 0 Å². The molecule has 0 saturated heterocycles. The topological polar surface area (TPSA) is 135 Å². The molecule has 0 radical (unpaired) electrons. The normalized spacial score (nSPS) is 7.91. The summed E-state index contributed by atoms with van der Waals surface area (Å²) in [5, 5.41) is 0. The number of hydrogen-bond donors (Lipinski definition) is 0. The number of ether oxygens (including phenoxy) is 2. The molecule has 0 spiro atoms. The second kappa shape index (κ2) is 29.9. The molecule has 0 saturated carbocycles. The molecule has 0 aliphatic rings. The van der Waals surface area contributed by atoms with E-state index in [4.69, 9.17) is 32.7 Å². The Hall–Kier alpha value is -3.29. The summed E-state index contributed by atoms with van der Waals surface area (Å²) in [6.07, 6.45) is 1.68. The maximum absolute atomic E-state index is 12.2. The van der Waals surface area contributed by atoms with E-state index < -0.39 is 5.97 Å². The summed E-state index contributed by atoms with van der Waals surface area (Å²) in [5.74, 6) is 0.0386. The number of benzene rings is 2. The van der Waals surface area contributed by atoms with Gasteiger partial charge in [-0.1, -0.05) is 0 Å². The molecule has 0 aliphatic heterocycles. The summed E-state index contributed by atoms with van der Waals surface area (Å²) in [4.78, 5) is 12.2. The minimum absolute atomic E-state index is 0.403. The Kier molecular flexibility index (Phi) is 33.7. The average molecular weight is 472 g/mol. The Bertz CT molecular complexity index is 844. The van der Waals surface area contributed by atoms with Crippen LogP contribution in [-0.4, -0.2) is 17.1 Å². The summed E-state index contributed by atoms with van der Waals surface area (Å²) in [5.41, 5.74) is 1.31. The monoisotopic (exact) mass is 472 g/mol. The van der Waals surface area contributed by atoms with Crippen molar-refractivity contribution in [2.75, 3.05) is 6.61 Å². The minimum atomic E-state index is -0.403. The van der Waals surface area contributed by atoms with E-state index in [9.17, 15) is 4.79 Å². The van der Waals surface area contributed by atoms with Gasteiger partial charge in [-0.25, -0.2) is 0 Å². The van der Waals surface area contributed by atoms with Gasteiger partial charge in [0.15, 0.2) is 0 Å². The van der Waals surface area contributed by atoms with Crippen LogP contribution in [0.4, 0.5) is 0 Å². The predicted molar refractivity (Wildman–Crippen MR) is 103 cm³/mol. The Morgan fingerprint density at radius 2 is 1.16 bits per heavy atom. The first-order chi connectivity index (χ1) is 15.7. The summed E-state index contributed by atoms with van der Waals surface area (Å²) in [6, 6.07) is 18.3. The molecule has 0 heterocycles. The Labute approximate surface area is 194 Å². The van der Waals surface area contributed by atoms with Crippen LogP contribution in [0.15, 0.2) is 66.7 Å². The van der Waals surface area contributed by atoms with Gasteiger partial charge in [0.2, 0.25) is 0 Å². The van der Waals surface area contributed by atoms with E-state index in [-0.39, 0.29) is 0 Å². The zero-order chi connectivity index (χ0) is 25.8. The molecule has 162 valence electrons. The van der Waals surface area contributed by atoms with Gasteiger partial charge in [-0.3, -0.25) is 0 Å². The molecule has 0 atom stereocenters. The van der Waals surface area contributed by atoms with Gasteiger partial charge in [-0.15, -0.1) is 0 Å². The second-order valence-corrected chi connectivity index (χ2v) is 5.01. The van der Waals surface area contributed by atoms with Crippen LogP contribution < -0.4 is 0 Å². The van der Waals surface area contributed by atoms with Crippen LogP contribution in [0, 0.1) is 33.3 Å². The van der Waals surface area contributed by atoms with Crippen molar-refractivity contribution in [3.8, 4) is 0 Å². The third-order valence-corrected chi connectivity index (χ3v) is 3.17. The third-order valence-electron chi connectivity index (χ3n) is 2.81. The van der Waals surface area contributed by atoms with Gasteiger partial charge in [0.05, 0.1) is 0 Å². The molecule has 0 fully saturated rings. The fraction of sp³-hybridized carbons (Fsp3) is 0.0870. The third kappa shape index (κ3) is 17.6. The van der Waals surface area contributed by atoms with Crippen molar-refractivity contribution < 1.29 is 53.4 Å². The van der Waals surface area contributed by atoms with E-state index in [1.54, 1.807) is 30.3 Å². The second-order valence-electron chi connectivity index (χ2n) is 4.38. The zero-order valence-electron chi connectivity index (χ0n) is 16.7. The molecule has 9 heteroatoms. The van der Waals surface area contributed by atoms with Crippen LogP contribution in [0.25, 0.3) is 5.76 Å². The van der Waals surface area contributed by atoms with Crippen molar-refractivity contribution in [1.29, 1.82) is 0 Å². The van der Waals surface area contributed by atoms with Gasteiger partial charge in [0, 0.05) is 0 Å². The molecule has 2 rings (SSSR count). The van der Waals surface area contributed by atoms with E-state index in [1.165, 1.54) is 0 Å². The molecule has 8 nitrogen and oxygen atoms in total. The fourth-order valence-electron chi connectivity index (χ4n) is 1.80. The Balaban J connectivity index is -0.000000345. The standard InChI is InChI=1S/C18H16O3.5CO.Cr/c1-2-20-14-13-17(15-9-5-3-6-10-15)21-18(19)16-11-7-4-8-12-16;5*1-2;/h3-13H,2H2,1H3;;;;;;/b17-13-;;;;;;. The quantitative estimate of drug-likeness (QED) is 0.276. The molecule has 0 amide bonds. The van der Waals surface area contributed by atoms with Gasteiger partial charge < -0.3 is 0 Å². The molecule has 2 aromatic carbocycles. The number of rotatable bonds is 6. The number of hydrogen-bond acceptors (Lipinski definition) is 3. The van der Waals surface area contributed by atoms with Crippen LogP contribution in [0.5, 0.6) is 0 Å². The van der Waals surface area contributed by atoms with E-state index in [0.717, 1.165) is 5.56 Å². The van der Waals surface area contributed by atoms with Crippen molar-refractivity contribution in [1.82, 2.24) is 0 Å². The van der Waals surface area contributed by atoms with Crippen molar-refractivity contribution >= 4 is 16.3 Å². The number of carbonyl (C=O) groups excluding carboxylic acids is 1. The summed E-state index contributed by atoms with van der Waals surface area (Å²) < 4.78 is 49.0. The van der Waals surface area contributed by atoms with Gasteiger partial charge in [-0.2, -0.15) is 0 Å². The van der Waals surface area contributed by atoms with Gasteiger partial charge >= 0.3 is 194 Å². The van der Waals surface area contributed by atoms with Crippen molar-refractivity contribution in [2.24, 2.45) is 0 Å². The van der Waals surface area contributed by atoms with Crippen LogP contribution >= 0.6 is 0 Å². The Morgan fingerprint density at radius 3 is 1.53 bits per heavy atom. The fourth-order valence-corrected chi connectivity index (χ4v) is 2.15. The van der Waals surface area contributed by atoms with Gasteiger partial charge in [0.1, 0.15) is 0 Å². The maximum atomic E-state index is 12.2. The van der Waals surface area contributed by atoms with E-state index >= 15 is 0 Å². The Morgan fingerprint density at radius 1 is 0.781 bits per heavy atom. The summed E-state index contributed by atoms with van der Waals surface area (Å²) in [6.45, 7) is 24.9. The van der Waals surface area contributed by atoms with Crippen molar-refractivity contribution in [3.05, 3.63) is 111 Å². The zero-order valence-corrected chi connectivity index (χ0v) is 18.0. The number of esters is 1. The van der Waals surface area contributed by atoms with Gasteiger partial charge in [-0.05, 0) is 0 Å². The molecule has 2 aromatic rings. The van der Waals surface area contributed by atoms with Gasteiger partial charge in [0.25, 0.3) is 0 Å². The van der Waals surface area contributed by atoms with Crippen LogP contribution in [0.2, 0.25) is 0 Å². The van der Waals surface area contributed by atoms with E-state index in [2.05, 4.69) is 49.1 Å². The summed E-state index contributed by atoms with van der Waals surface area (Å²) in [7, 11) is 0. The van der Waals surface area contributed by atoms with Crippen LogP contribution in [0.1, 0.15) is 22.8 Å².